The van der Waals surface area contributed by atoms with Gasteiger partial charge in [0.2, 0.25) is 0 Å². The first-order valence-electron chi connectivity index (χ1n) is 9.26. The molecule has 0 fully saturated rings. The predicted octanol–water partition coefficient (Wildman–Crippen LogP) is 7.04. The van der Waals surface area contributed by atoms with Crippen molar-refractivity contribution in [3.05, 3.63) is 0 Å². The van der Waals surface area contributed by atoms with Crippen LogP contribution in [0.5, 0.6) is 0 Å². The van der Waals surface area contributed by atoms with E-state index in [9.17, 15) is 0 Å². The van der Waals surface area contributed by atoms with E-state index in [4.69, 9.17) is 0 Å². The van der Waals surface area contributed by atoms with Gasteiger partial charge in [-0.1, -0.05) is 81.6 Å². The first-order valence-corrected chi connectivity index (χ1v) is 9.26. The summed E-state index contributed by atoms with van der Waals surface area (Å²) in [7, 11) is 0. The van der Waals surface area contributed by atoms with E-state index >= 15 is 0 Å². The molecule has 0 aliphatic carbocycles. The van der Waals surface area contributed by atoms with Gasteiger partial charge in [-0.15, -0.1) is 0 Å². The lowest BCUT2D eigenvalue weighted by Gasteiger charge is -2.40. The average Bonchev–Trinajstić information content (AvgIpc) is 2.35. The second-order valence-electron chi connectivity index (χ2n) is 8.10. The Labute approximate surface area is 130 Å². The summed E-state index contributed by atoms with van der Waals surface area (Å²) in [5.74, 6) is 6.00. The van der Waals surface area contributed by atoms with Gasteiger partial charge in [-0.25, -0.2) is 0 Å². The summed E-state index contributed by atoms with van der Waals surface area (Å²) in [4.78, 5) is 0. The molecule has 0 N–H and O–H groups in total. The smallest absolute Gasteiger partial charge is 0.0332 e. The lowest BCUT2D eigenvalue weighted by atomic mass is 9.65. The molecule has 0 aliphatic rings. The quantitative estimate of drug-likeness (QED) is 0.403. The van der Waals surface area contributed by atoms with Crippen LogP contribution in [0.2, 0.25) is 0 Å². The van der Waals surface area contributed by atoms with Crippen molar-refractivity contribution in [3.8, 4) is 0 Å². The van der Waals surface area contributed by atoms with Crippen LogP contribution in [0.4, 0.5) is 0 Å². The minimum absolute atomic E-state index is 0.804. The average molecular weight is 283 g/mol. The molecule has 0 aromatic rings. The highest BCUT2D eigenvalue weighted by atomic mass is 14.4. The van der Waals surface area contributed by atoms with Crippen LogP contribution in [0.15, 0.2) is 0 Å². The second-order valence-corrected chi connectivity index (χ2v) is 8.10. The van der Waals surface area contributed by atoms with Crippen LogP contribution < -0.4 is 0 Å². The van der Waals surface area contributed by atoms with Gasteiger partial charge in [-0.2, -0.15) is 0 Å². The van der Waals surface area contributed by atoms with Gasteiger partial charge in [0.05, 0.1) is 0 Å². The zero-order chi connectivity index (χ0) is 15.9. The highest BCUT2D eigenvalue weighted by Gasteiger charge is 2.33. The Hall–Kier alpha value is 0. The minimum atomic E-state index is 0.804. The van der Waals surface area contributed by atoms with Gasteiger partial charge >= 0.3 is 0 Å². The largest absolute Gasteiger partial charge is 0.0654 e. The van der Waals surface area contributed by atoms with Crippen molar-refractivity contribution in [2.45, 2.75) is 88.0 Å². The molecule has 0 aromatic heterocycles. The molecule has 122 valence electrons. The fraction of sp³-hybridized carbons (Fsp3) is 1.00. The van der Waals surface area contributed by atoms with Crippen molar-refractivity contribution in [1.82, 2.24) is 0 Å². The third kappa shape index (κ3) is 6.19. The van der Waals surface area contributed by atoms with E-state index in [1.807, 2.05) is 0 Å². The fourth-order valence-electron chi connectivity index (χ4n) is 4.31. The van der Waals surface area contributed by atoms with Gasteiger partial charge in [-0.05, 0) is 47.8 Å². The summed E-state index contributed by atoms with van der Waals surface area (Å²) >= 11 is 0. The lowest BCUT2D eigenvalue weighted by Crippen LogP contribution is -2.33. The Bertz CT molecular complexity index is 228. The second kappa shape index (κ2) is 9.85. The molecule has 0 rings (SSSR count). The maximum absolute atomic E-state index is 2.53. The van der Waals surface area contributed by atoms with Crippen LogP contribution >= 0.6 is 0 Å². The molecule has 0 aliphatic heterocycles. The molecule has 0 radical (unpaired) electrons. The topological polar surface area (TPSA) is 0 Å². The highest BCUT2D eigenvalue weighted by Crippen LogP contribution is 2.41. The van der Waals surface area contributed by atoms with E-state index in [0.29, 0.717) is 0 Å². The van der Waals surface area contributed by atoms with Crippen LogP contribution in [0.1, 0.15) is 88.0 Å². The maximum atomic E-state index is 2.53. The summed E-state index contributed by atoms with van der Waals surface area (Å²) in [6.45, 7) is 21.8. The van der Waals surface area contributed by atoms with E-state index in [0.717, 1.165) is 41.4 Å². The summed E-state index contributed by atoms with van der Waals surface area (Å²) in [6, 6.07) is 0. The van der Waals surface area contributed by atoms with Crippen LogP contribution in [-0.4, -0.2) is 0 Å². The minimum Gasteiger partial charge on any atom is -0.0654 e. The number of hydrogen-bond donors (Lipinski definition) is 0. The van der Waals surface area contributed by atoms with Crippen LogP contribution in [0.25, 0.3) is 0 Å². The van der Waals surface area contributed by atoms with Crippen molar-refractivity contribution in [1.29, 1.82) is 0 Å². The number of hydrogen-bond acceptors (Lipinski definition) is 0. The number of rotatable bonds is 10. The molecular formula is C20H42. The molecule has 0 saturated carbocycles. The Balaban J connectivity index is 5.11. The van der Waals surface area contributed by atoms with Crippen LogP contribution in [0, 0.1) is 41.4 Å². The molecule has 20 heavy (non-hydrogen) atoms. The van der Waals surface area contributed by atoms with Gasteiger partial charge in [0.15, 0.2) is 0 Å². The third-order valence-electron chi connectivity index (χ3n) is 5.72. The Kier molecular flexibility index (Phi) is 9.85. The zero-order valence-electron chi connectivity index (χ0n) is 15.9. The molecule has 0 amide bonds. The van der Waals surface area contributed by atoms with Gasteiger partial charge in [0.1, 0.15) is 0 Å². The highest BCUT2D eigenvalue weighted by molar-refractivity contribution is 4.82. The van der Waals surface area contributed by atoms with Gasteiger partial charge < -0.3 is 0 Å². The molecule has 0 heterocycles. The lowest BCUT2D eigenvalue weighted by molar-refractivity contribution is 0.0852. The molecular weight excluding hydrogens is 240 g/mol. The van der Waals surface area contributed by atoms with Crippen LogP contribution in [-0.2, 0) is 0 Å². The van der Waals surface area contributed by atoms with E-state index in [-0.39, 0.29) is 0 Å². The molecule has 0 spiro atoms. The normalized spacial score (nSPS) is 19.9. The van der Waals surface area contributed by atoms with Crippen LogP contribution in [0.3, 0.4) is 0 Å². The standard InChI is InChI=1S/C20H42/c1-10-12-19(11-2)20(16(7)13-14(3)4)18(9)17(8)15(5)6/h14-20H,10-13H2,1-9H3. The SMILES string of the molecule is CCCC(CC)C(C(C)CC(C)C)C(C)C(C)C(C)C. The first-order chi connectivity index (χ1) is 9.26. The Morgan fingerprint density at radius 2 is 1.30 bits per heavy atom. The van der Waals surface area contributed by atoms with Crippen molar-refractivity contribution in [2.24, 2.45) is 41.4 Å². The molecule has 0 aromatic carbocycles. The molecule has 5 atom stereocenters. The zero-order valence-corrected chi connectivity index (χ0v) is 15.9. The summed E-state index contributed by atoms with van der Waals surface area (Å²) in [6.07, 6.45) is 5.50. The van der Waals surface area contributed by atoms with E-state index < -0.39 is 0 Å². The molecule has 0 heteroatoms. The fourth-order valence-corrected chi connectivity index (χ4v) is 4.31. The predicted molar refractivity (Wildman–Crippen MR) is 94.0 cm³/mol. The van der Waals surface area contributed by atoms with E-state index in [2.05, 4.69) is 62.3 Å². The van der Waals surface area contributed by atoms with Crippen molar-refractivity contribution < 1.29 is 0 Å². The Morgan fingerprint density at radius 3 is 1.65 bits per heavy atom. The first kappa shape index (κ1) is 20.0. The molecule has 0 nitrogen and oxygen atoms in total. The van der Waals surface area contributed by atoms with Gasteiger partial charge in [0, 0.05) is 0 Å². The monoisotopic (exact) mass is 282 g/mol. The summed E-state index contributed by atoms with van der Waals surface area (Å²) in [5.41, 5.74) is 0. The van der Waals surface area contributed by atoms with E-state index in [1.54, 1.807) is 0 Å². The third-order valence-corrected chi connectivity index (χ3v) is 5.72. The molecule has 5 unspecified atom stereocenters. The molecule has 0 bridgehead atoms. The van der Waals surface area contributed by atoms with E-state index in [1.165, 1.54) is 25.7 Å². The van der Waals surface area contributed by atoms with Crippen molar-refractivity contribution >= 4 is 0 Å². The summed E-state index contributed by atoms with van der Waals surface area (Å²) < 4.78 is 0. The Morgan fingerprint density at radius 1 is 0.750 bits per heavy atom. The van der Waals surface area contributed by atoms with Gasteiger partial charge in [0.25, 0.3) is 0 Å². The molecule has 0 saturated heterocycles. The maximum Gasteiger partial charge on any atom is -0.0332 e. The summed E-state index contributed by atoms with van der Waals surface area (Å²) in [5, 5.41) is 0. The van der Waals surface area contributed by atoms with Crippen molar-refractivity contribution in [2.75, 3.05) is 0 Å². The van der Waals surface area contributed by atoms with Gasteiger partial charge in [-0.3, -0.25) is 0 Å². The van der Waals surface area contributed by atoms with Crippen molar-refractivity contribution in [3.63, 3.8) is 0 Å².